The first kappa shape index (κ1) is 20.0. The van der Waals surface area contributed by atoms with Crippen molar-refractivity contribution in [2.45, 2.75) is 84.3 Å². The first-order chi connectivity index (χ1) is 13.8. The topological polar surface area (TPSA) is 79.1 Å². The van der Waals surface area contributed by atoms with Crippen molar-refractivity contribution in [2.24, 2.45) is 51.3 Å². The van der Waals surface area contributed by atoms with E-state index in [1.54, 1.807) is 0 Å². The minimum atomic E-state index is -0.430. The molecule has 0 aromatic heterocycles. The van der Waals surface area contributed by atoms with Gasteiger partial charge in [-0.3, -0.25) is 0 Å². The predicted octanol–water partition coefficient (Wildman–Crippen LogP) is 4.20. The van der Waals surface area contributed by atoms with Gasteiger partial charge in [0.05, 0.1) is 17.9 Å². The van der Waals surface area contributed by atoms with Gasteiger partial charge in [-0.05, 0) is 85.4 Å². The lowest BCUT2D eigenvalue weighted by Gasteiger charge is -2.64. The molecule has 0 aromatic rings. The molecule has 0 aromatic carbocycles. The quantitative estimate of drug-likeness (QED) is 0.724. The summed E-state index contributed by atoms with van der Waals surface area (Å²) >= 11 is 0. The Labute approximate surface area is 174 Å². The molecule has 29 heavy (non-hydrogen) atoms. The average molecular weight is 404 g/mol. The van der Waals surface area contributed by atoms with Crippen molar-refractivity contribution in [3.63, 3.8) is 0 Å². The number of carbonyl (C=O) groups is 1. The number of aliphatic hydroxyl groups excluding tert-OH is 2. The van der Waals surface area contributed by atoms with E-state index >= 15 is 0 Å². The van der Waals surface area contributed by atoms with Gasteiger partial charge in [-0.25, -0.2) is 4.79 Å². The second-order valence-electron chi connectivity index (χ2n) is 11.2. The maximum atomic E-state index is 11.7. The molecule has 1 heterocycles. The second kappa shape index (κ2) is 6.78. The summed E-state index contributed by atoms with van der Waals surface area (Å²) in [6.45, 7) is 7.44. The maximum Gasteiger partial charge on any atom is 0.434 e. The molecule has 1 amide bonds. The Balaban J connectivity index is 1.50. The number of rotatable bonds is 2. The van der Waals surface area contributed by atoms with Gasteiger partial charge in [0.1, 0.15) is 6.61 Å². The van der Waals surface area contributed by atoms with E-state index in [2.05, 4.69) is 25.8 Å². The number of carbonyl (C=O) groups excluding carboxylic acids is 1. The van der Waals surface area contributed by atoms with E-state index in [0.29, 0.717) is 36.2 Å². The zero-order chi connectivity index (χ0) is 20.6. The van der Waals surface area contributed by atoms with Crippen LogP contribution in [0.4, 0.5) is 4.79 Å². The third-order valence-corrected chi connectivity index (χ3v) is 10.4. The van der Waals surface area contributed by atoms with E-state index < -0.39 is 6.09 Å². The Bertz CT molecular complexity index is 722. The predicted molar refractivity (Wildman–Crippen MR) is 111 cm³/mol. The maximum absolute atomic E-state index is 11.7. The number of hydrogen-bond donors (Lipinski definition) is 2. The molecule has 0 bridgehead atoms. The zero-order valence-corrected chi connectivity index (χ0v) is 18.1. The number of amides is 1. The molecule has 2 N–H and O–H groups in total. The van der Waals surface area contributed by atoms with E-state index in [9.17, 15) is 15.0 Å². The van der Waals surface area contributed by atoms with E-state index in [1.807, 2.05) is 0 Å². The van der Waals surface area contributed by atoms with Crippen LogP contribution in [-0.4, -0.2) is 40.8 Å². The van der Waals surface area contributed by atoms with Crippen molar-refractivity contribution in [1.29, 1.82) is 0 Å². The number of nitrogens with zero attached hydrogens (tertiary/aromatic N) is 1. The Morgan fingerprint density at radius 1 is 1.03 bits per heavy atom. The largest absolute Gasteiger partial charge is 0.442 e. The molecule has 4 saturated carbocycles. The average Bonchev–Trinajstić information content (AvgIpc) is 3.26. The fraction of sp³-hybridized carbons (Fsp3) is 0.917. The SMILES string of the molecule is CC[C@H]1[C@@H](O)[C@H]2C3CC[C@H](C4=NC(=O)OC4)[C@@]3(C)CCC2[C@@]2(C)CC[C@@H](O)C[C@@H]12. The van der Waals surface area contributed by atoms with Crippen LogP contribution < -0.4 is 0 Å². The van der Waals surface area contributed by atoms with E-state index in [-0.39, 0.29) is 29.0 Å². The van der Waals surface area contributed by atoms with Crippen LogP contribution in [0.15, 0.2) is 4.99 Å². The van der Waals surface area contributed by atoms with Crippen molar-refractivity contribution < 1.29 is 19.7 Å². The van der Waals surface area contributed by atoms with Gasteiger partial charge < -0.3 is 14.9 Å². The summed E-state index contributed by atoms with van der Waals surface area (Å²) in [6.07, 6.45) is 7.39. The highest BCUT2D eigenvalue weighted by Crippen LogP contribution is 2.68. The van der Waals surface area contributed by atoms with Crippen LogP contribution in [0.1, 0.15) is 72.1 Å². The van der Waals surface area contributed by atoms with Crippen LogP contribution in [0.2, 0.25) is 0 Å². The lowest BCUT2D eigenvalue weighted by atomic mass is 9.41. The number of ether oxygens (including phenoxy) is 1. The lowest BCUT2D eigenvalue weighted by molar-refractivity contribution is -0.200. The molecule has 2 unspecified atom stereocenters. The minimum Gasteiger partial charge on any atom is -0.442 e. The summed E-state index contributed by atoms with van der Waals surface area (Å²) in [4.78, 5) is 15.8. The van der Waals surface area contributed by atoms with E-state index in [0.717, 1.165) is 57.1 Å². The molecule has 5 nitrogen and oxygen atoms in total. The van der Waals surface area contributed by atoms with Gasteiger partial charge in [0.25, 0.3) is 0 Å². The lowest BCUT2D eigenvalue weighted by Crippen LogP contribution is -2.62. The highest BCUT2D eigenvalue weighted by Gasteiger charge is 2.65. The summed E-state index contributed by atoms with van der Waals surface area (Å²) in [5, 5.41) is 22.1. The van der Waals surface area contributed by atoms with Gasteiger partial charge in [0, 0.05) is 5.92 Å². The van der Waals surface area contributed by atoms with Gasteiger partial charge in [0.15, 0.2) is 0 Å². The summed E-state index contributed by atoms with van der Waals surface area (Å²) in [7, 11) is 0. The summed E-state index contributed by atoms with van der Waals surface area (Å²) < 4.78 is 5.15. The van der Waals surface area contributed by atoms with Crippen LogP contribution in [0.5, 0.6) is 0 Å². The molecular weight excluding hydrogens is 366 g/mol. The number of hydrogen-bond acceptors (Lipinski definition) is 4. The highest BCUT2D eigenvalue weighted by molar-refractivity contribution is 6.00. The number of fused-ring (bicyclic) bond motifs is 5. The van der Waals surface area contributed by atoms with E-state index in [1.165, 1.54) is 0 Å². The Morgan fingerprint density at radius 3 is 2.45 bits per heavy atom. The highest BCUT2D eigenvalue weighted by atomic mass is 16.6. The van der Waals surface area contributed by atoms with Crippen LogP contribution in [0.25, 0.3) is 0 Å². The Hall–Kier alpha value is -0.940. The molecule has 0 radical (unpaired) electrons. The Morgan fingerprint density at radius 2 is 1.76 bits per heavy atom. The normalized spacial score (nSPS) is 54.2. The fourth-order valence-corrected chi connectivity index (χ4v) is 9.00. The smallest absolute Gasteiger partial charge is 0.434 e. The van der Waals surface area contributed by atoms with Crippen molar-refractivity contribution in [3.8, 4) is 0 Å². The second-order valence-corrected chi connectivity index (χ2v) is 11.2. The van der Waals surface area contributed by atoms with Gasteiger partial charge in [-0.2, -0.15) is 4.99 Å². The zero-order valence-electron chi connectivity index (χ0n) is 18.1. The van der Waals surface area contributed by atoms with Crippen molar-refractivity contribution in [2.75, 3.05) is 6.61 Å². The molecule has 5 rings (SSSR count). The third-order valence-electron chi connectivity index (χ3n) is 10.4. The molecular formula is C24H37NO4. The standard InChI is InChI=1S/C24H37NO4/c1-4-14-18-11-13(26)7-9-24(18,3)17-8-10-23(2)15(19-12-29-22(28)25-19)5-6-16(23)20(17)21(14)27/h13-18,20-21,26-27H,4-12H2,1-3H3/t13-,14-,15-,16?,17?,18+,20+,21-,23-,24-/m1/s1. The molecule has 162 valence electrons. The molecule has 0 spiro atoms. The minimum absolute atomic E-state index is 0.102. The summed E-state index contributed by atoms with van der Waals surface area (Å²) in [5.41, 5.74) is 1.28. The molecule has 4 fully saturated rings. The number of aliphatic hydroxyl groups is 2. The third kappa shape index (κ3) is 2.72. The van der Waals surface area contributed by atoms with Crippen molar-refractivity contribution in [3.05, 3.63) is 0 Å². The molecule has 10 atom stereocenters. The summed E-state index contributed by atoms with van der Waals surface area (Å²) in [6, 6.07) is 0. The molecule has 5 heteroatoms. The van der Waals surface area contributed by atoms with Crippen LogP contribution in [0, 0.1) is 46.3 Å². The molecule has 4 aliphatic carbocycles. The first-order valence-electron chi connectivity index (χ1n) is 11.9. The fourth-order valence-electron chi connectivity index (χ4n) is 9.00. The first-order valence-corrected chi connectivity index (χ1v) is 11.9. The van der Waals surface area contributed by atoms with Gasteiger partial charge in [0.2, 0.25) is 0 Å². The molecule has 0 saturated heterocycles. The van der Waals surface area contributed by atoms with Crippen LogP contribution in [0.3, 0.4) is 0 Å². The summed E-state index contributed by atoms with van der Waals surface area (Å²) in [5.74, 6) is 2.38. The van der Waals surface area contributed by atoms with Crippen LogP contribution in [-0.2, 0) is 4.74 Å². The number of cyclic esters (lactones) is 1. The van der Waals surface area contributed by atoms with E-state index in [4.69, 9.17) is 4.74 Å². The van der Waals surface area contributed by atoms with Gasteiger partial charge in [-0.1, -0.05) is 27.2 Å². The van der Waals surface area contributed by atoms with Crippen LogP contribution >= 0.6 is 0 Å². The van der Waals surface area contributed by atoms with Crippen molar-refractivity contribution >= 4 is 11.8 Å². The van der Waals surface area contributed by atoms with Gasteiger partial charge >= 0.3 is 6.09 Å². The molecule has 1 aliphatic heterocycles. The molecule has 5 aliphatic rings. The monoisotopic (exact) mass is 403 g/mol. The number of aliphatic imine (C=N–C) groups is 1. The van der Waals surface area contributed by atoms with Crippen molar-refractivity contribution in [1.82, 2.24) is 0 Å². The van der Waals surface area contributed by atoms with Gasteiger partial charge in [-0.15, -0.1) is 0 Å². The Kier molecular flexibility index (Phi) is 4.67.